The second-order valence-corrected chi connectivity index (χ2v) is 5.02. The van der Waals surface area contributed by atoms with Gasteiger partial charge in [0.25, 0.3) is 11.7 Å². The highest BCUT2D eigenvalue weighted by molar-refractivity contribution is 5.85. The van der Waals surface area contributed by atoms with Crippen LogP contribution < -0.4 is 10.2 Å². The van der Waals surface area contributed by atoms with Crippen molar-refractivity contribution >= 4 is 35.2 Å². The summed E-state index contributed by atoms with van der Waals surface area (Å²) in [6.45, 7) is 1.94. The maximum absolute atomic E-state index is 10.8. The molecule has 1 aromatic heterocycles. The van der Waals surface area contributed by atoms with Crippen LogP contribution in [0.15, 0.2) is 22.6 Å². The number of piperidine rings is 1. The second-order valence-electron chi connectivity index (χ2n) is 5.02. The van der Waals surface area contributed by atoms with Crippen molar-refractivity contribution in [3.8, 4) is 0 Å². The number of nitrogens with zero attached hydrogens (tertiary/aromatic N) is 3. The molecule has 0 spiro atoms. The Labute approximate surface area is 127 Å². The van der Waals surface area contributed by atoms with Crippen LogP contribution in [0.3, 0.4) is 0 Å². The molecule has 0 bridgehead atoms. The Balaban J connectivity index is 0.00000161. The predicted octanol–water partition coefficient (Wildman–Crippen LogP) is 2.35. The highest BCUT2D eigenvalue weighted by atomic mass is 35.5. The third-order valence-electron chi connectivity index (χ3n) is 3.69. The van der Waals surface area contributed by atoms with Crippen molar-refractivity contribution in [2.45, 2.75) is 18.9 Å². The summed E-state index contributed by atoms with van der Waals surface area (Å²) in [4.78, 5) is 16.7. The lowest BCUT2D eigenvalue weighted by molar-refractivity contribution is -0.384. The van der Waals surface area contributed by atoms with E-state index in [0.29, 0.717) is 23.2 Å². The molecule has 8 heteroatoms. The van der Waals surface area contributed by atoms with Gasteiger partial charge in [-0.25, -0.2) is 0 Å². The molecular formula is C13H17ClN4O3. The van der Waals surface area contributed by atoms with E-state index in [1.54, 1.807) is 6.07 Å². The maximum Gasteiger partial charge on any atom is 0.298 e. The molecule has 1 saturated heterocycles. The van der Waals surface area contributed by atoms with Crippen LogP contribution >= 0.6 is 12.4 Å². The summed E-state index contributed by atoms with van der Waals surface area (Å²) < 4.78 is 5.68. The molecule has 1 atom stereocenters. The largest absolute Gasteiger partial charge is 0.423 e. The molecule has 1 aromatic carbocycles. The van der Waals surface area contributed by atoms with Gasteiger partial charge in [0.1, 0.15) is 5.52 Å². The van der Waals surface area contributed by atoms with Crippen LogP contribution in [0.25, 0.3) is 11.1 Å². The molecule has 114 valence electrons. The molecular weight excluding hydrogens is 296 g/mol. The molecule has 0 aliphatic carbocycles. The van der Waals surface area contributed by atoms with Gasteiger partial charge in [0, 0.05) is 31.8 Å². The molecule has 1 aliphatic rings. The molecule has 0 saturated carbocycles. The van der Waals surface area contributed by atoms with E-state index in [-0.39, 0.29) is 18.1 Å². The minimum Gasteiger partial charge on any atom is -0.423 e. The molecule has 7 nitrogen and oxygen atoms in total. The van der Waals surface area contributed by atoms with Crippen LogP contribution in [0.2, 0.25) is 0 Å². The molecule has 0 amide bonds. The average molecular weight is 313 g/mol. The number of hydrogen-bond acceptors (Lipinski definition) is 6. The fourth-order valence-corrected chi connectivity index (χ4v) is 2.49. The first kappa shape index (κ1) is 15.5. The number of oxazole rings is 1. The van der Waals surface area contributed by atoms with E-state index in [1.165, 1.54) is 12.1 Å². The summed E-state index contributed by atoms with van der Waals surface area (Å²) in [6, 6.07) is 5.31. The molecule has 1 N–H and O–H groups in total. The Morgan fingerprint density at radius 1 is 1.52 bits per heavy atom. The van der Waals surface area contributed by atoms with Crippen molar-refractivity contribution in [1.29, 1.82) is 0 Å². The Kier molecular flexibility index (Phi) is 4.64. The number of nitro groups is 1. The lowest BCUT2D eigenvalue weighted by Gasteiger charge is -2.30. The number of hydrogen-bond donors (Lipinski definition) is 1. The summed E-state index contributed by atoms with van der Waals surface area (Å²) in [5, 5.41) is 14.1. The average Bonchev–Trinajstić information content (AvgIpc) is 2.90. The van der Waals surface area contributed by atoms with E-state index >= 15 is 0 Å². The molecule has 0 unspecified atom stereocenters. The zero-order valence-electron chi connectivity index (χ0n) is 11.6. The summed E-state index contributed by atoms with van der Waals surface area (Å²) in [7, 11) is 1.94. The fraction of sp³-hybridized carbons (Fsp3) is 0.462. The zero-order valence-corrected chi connectivity index (χ0v) is 12.4. The monoisotopic (exact) mass is 312 g/mol. The van der Waals surface area contributed by atoms with Crippen molar-refractivity contribution in [1.82, 2.24) is 10.3 Å². The molecule has 1 aliphatic heterocycles. The van der Waals surface area contributed by atoms with Gasteiger partial charge in [0.2, 0.25) is 0 Å². The number of halogens is 1. The van der Waals surface area contributed by atoms with Crippen molar-refractivity contribution in [2.24, 2.45) is 0 Å². The van der Waals surface area contributed by atoms with Crippen molar-refractivity contribution in [2.75, 3.05) is 25.0 Å². The number of anilines is 1. The van der Waals surface area contributed by atoms with Gasteiger partial charge in [-0.2, -0.15) is 4.98 Å². The minimum atomic E-state index is -0.428. The van der Waals surface area contributed by atoms with E-state index in [1.807, 2.05) is 11.9 Å². The van der Waals surface area contributed by atoms with Gasteiger partial charge in [-0.05, 0) is 25.5 Å². The van der Waals surface area contributed by atoms with Gasteiger partial charge in [0.15, 0.2) is 5.58 Å². The third-order valence-corrected chi connectivity index (χ3v) is 3.69. The quantitative estimate of drug-likeness (QED) is 0.691. The number of non-ortho nitro benzene ring substituents is 1. The van der Waals surface area contributed by atoms with Crippen LogP contribution in [0.1, 0.15) is 12.8 Å². The SMILES string of the molecule is CN(c1nc2cc([N+](=O)[O-])ccc2o1)[C@H]1CCCNC1.Cl. The molecule has 21 heavy (non-hydrogen) atoms. The minimum absolute atomic E-state index is 0. The van der Waals surface area contributed by atoms with Crippen LogP contribution in [0.4, 0.5) is 11.7 Å². The number of nitro benzene ring substituents is 1. The highest BCUT2D eigenvalue weighted by Gasteiger charge is 2.22. The normalized spacial score (nSPS) is 18.2. The highest BCUT2D eigenvalue weighted by Crippen LogP contribution is 2.26. The predicted molar refractivity (Wildman–Crippen MR) is 82.2 cm³/mol. The van der Waals surface area contributed by atoms with Crippen LogP contribution in [0, 0.1) is 10.1 Å². The lowest BCUT2D eigenvalue weighted by atomic mass is 10.1. The topological polar surface area (TPSA) is 84.4 Å². The Morgan fingerprint density at radius 2 is 2.33 bits per heavy atom. The van der Waals surface area contributed by atoms with Crippen molar-refractivity contribution in [3.05, 3.63) is 28.3 Å². The zero-order chi connectivity index (χ0) is 14.1. The number of likely N-dealkylation sites (N-methyl/N-ethyl adjacent to an activating group) is 1. The standard InChI is InChI=1S/C13H16N4O3.ClH/c1-16(10-3-2-6-14-8-10)13-15-11-7-9(17(18)19)4-5-12(11)20-13;/h4-5,7,10,14H,2-3,6,8H2,1H3;1H/t10-;/m0./s1. The summed E-state index contributed by atoms with van der Waals surface area (Å²) >= 11 is 0. The smallest absolute Gasteiger partial charge is 0.298 e. The Bertz CT molecular complexity index is 639. The van der Waals surface area contributed by atoms with Gasteiger partial charge >= 0.3 is 0 Å². The van der Waals surface area contributed by atoms with E-state index in [2.05, 4.69) is 10.3 Å². The Morgan fingerprint density at radius 3 is 3.00 bits per heavy atom. The van der Waals surface area contributed by atoms with Crippen LogP contribution in [-0.4, -0.2) is 36.1 Å². The molecule has 2 heterocycles. The van der Waals surface area contributed by atoms with Gasteiger partial charge < -0.3 is 14.6 Å². The molecule has 1 fully saturated rings. The number of fused-ring (bicyclic) bond motifs is 1. The maximum atomic E-state index is 10.8. The molecule has 3 rings (SSSR count). The van der Waals surface area contributed by atoms with E-state index in [0.717, 1.165) is 25.9 Å². The van der Waals surface area contributed by atoms with Gasteiger partial charge in [-0.1, -0.05) is 0 Å². The van der Waals surface area contributed by atoms with E-state index in [9.17, 15) is 10.1 Å². The van der Waals surface area contributed by atoms with Crippen molar-refractivity contribution < 1.29 is 9.34 Å². The number of nitrogens with one attached hydrogen (secondary N) is 1. The van der Waals surface area contributed by atoms with E-state index < -0.39 is 4.92 Å². The van der Waals surface area contributed by atoms with Crippen LogP contribution in [0.5, 0.6) is 0 Å². The first-order valence-corrected chi connectivity index (χ1v) is 6.63. The first-order chi connectivity index (χ1) is 9.65. The van der Waals surface area contributed by atoms with Gasteiger partial charge in [0.05, 0.1) is 4.92 Å². The summed E-state index contributed by atoms with van der Waals surface area (Å²) in [5.74, 6) is 0. The molecule has 2 aromatic rings. The molecule has 0 radical (unpaired) electrons. The van der Waals surface area contributed by atoms with Crippen molar-refractivity contribution in [3.63, 3.8) is 0 Å². The van der Waals surface area contributed by atoms with E-state index in [4.69, 9.17) is 4.42 Å². The fourth-order valence-electron chi connectivity index (χ4n) is 2.49. The van der Waals surface area contributed by atoms with Gasteiger partial charge in [-0.3, -0.25) is 10.1 Å². The summed E-state index contributed by atoms with van der Waals surface area (Å²) in [5.41, 5.74) is 1.12. The number of aromatic nitrogens is 1. The first-order valence-electron chi connectivity index (χ1n) is 6.63. The Hall–Kier alpha value is -1.86. The number of benzene rings is 1. The number of rotatable bonds is 3. The summed E-state index contributed by atoms with van der Waals surface area (Å²) in [6.07, 6.45) is 2.21. The second kappa shape index (κ2) is 6.28. The van der Waals surface area contributed by atoms with Gasteiger partial charge in [-0.15, -0.1) is 12.4 Å². The lowest BCUT2D eigenvalue weighted by Crippen LogP contribution is -2.44. The van der Waals surface area contributed by atoms with Crippen LogP contribution in [-0.2, 0) is 0 Å². The third kappa shape index (κ3) is 3.08.